The topological polar surface area (TPSA) is 204 Å². The first-order valence-corrected chi connectivity index (χ1v) is 24.3. The van der Waals surface area contributed by atoms with E-state index in [2.05, 4.69) is 66.9 Å². The third kappa shape index (κ3) is 14.5. The van der Waals surface area contributed by atoms with Gasteiger partial charge >= 0.3 is 24.0 Å². The molecule has 0 aromatic heterocycles. The smallest absolute Gasteiger partial charge is 0.407 e. The molecule has 11 atom stereocenters. The zero-order chi connectivity index (χ0) is 50.7. The molecule has 0 aromatic carbocycles. The van der Waals surface area contributed by atoms with Crippen LogP contribution in [0.2, 0.25) is 0 Å². The summed E-state index contributed by atoms with van der Waals surface area (Å²) in [5.74, 6) is -5.50. The first kappa shape index (κ1) is 60.1. The van der Waals surface area contributed by atoms with Crippen molar-refractivity contribution >= 4 is 29.8 Å². The van der Waals surface area contributed by atoms with Crippen molar-refractivity contribution in [2.75, 3.05) is 6.61 Å². The molecule has 1 radical (unpaired) electrons. The van der Waals surface area contributed by atoms with Gasteiger partial charge in [-0.3, -0.25) is 19.2 Å². The van der Waals surface area contributed by atoms with Gasteiger partial charge in [-0.05, 0) is 105 Å². The number of ether oxygens (including phenoxy) is 5. The van der Waals surface area contributed by atoms with Crippen LogP contribution in [0.5, 0.6) is 0 Å². The number of carbonyl (C=O) groups is 5. The fourth-order valence-electron chi connectivity index (χ4n) is 9.98. The number of carbonyl (C=O) groups excluding carboxylic acids is 5. The van der Waals surface area contributed by atoms with Crippen LogP contribution >= 0.6 is 0 Å². The maximum Gasteiger partial charge on any atom is 0.407 e. The molecule has 0 aromatic rings. The van der Waals surface area contributed by atoms with E-state index >= 15 is 4.79 Å². The molecule has 2 bridgehead atoms. The second-order valence-corrected chi connectivity index (χ2v) is 20.5. The Morgan fingerprint density at radius 2 is 1.36 bits per heavy atom. The Balaban J connectivity index is 0.0000126. The summed E-state index contributed by atoms with van der Waals surface area (Å²) in [5.41, 5.74) is -7.92. The van der Waals surface area contributed by atoms with Crippen LogP contribution in [-0.2, 0) is 42.9 Å². The van der Waals surface area contributed by atoms with Crippen LogP contribution in [0.25, 0.3) is 0 Å². The summed E-state index contributed by atoms with van der Waals surface area (Å²) in [6, 6.07) is -0.765. The van der Waals surface area contributed by atoms with E-state index in [9.17, 15) is 34.5 Å². The third-order valence-corrected chi connectivity index (χ3v) is 14.1. The Labute approximate surface area is 446 Å². The van der Waals surface area contributed by atoms with Crippen LogP contribution in [-0.4, -0.2) is 105 Å². The van der Waals surface area contributed by atoms with Crippen LogP contribution in [0, 0.1) is 66.7 Å². The SMILES string of the molecule is CC/C=C\C/C=C\C/C=C\C/C=C\C/C=C\C/C=C\CCC(=O)O[C@H]1C(=O)[C@@]2(C)[C@H]([C@H](OC(C)=O)[C@]3(O)C[C@H](OC(=O)[C@H](C)[C@H](C)NC(=O)OC(C)(C)C)C(C)=C1C3(C)C)[C@]1(O)CO[C@@H]1C[C@@H]2O.[Ac]. The molecule has 3 aliphatic carbocycles. The van der Waals surface area contributed by atoms with Gasteiger partial charge in [-0.2, -0.15) is 0 Å². The molecule has 3 fully saturated rings. The Bertz CT molecular complexity index is 2030. The van der Waals surface area contributed by atoms with Crippen molar-refractivity contribution in [1.29, 1.82) is 0 Å². The molecule has 1 aliphatic heterocycles. The fourth-order valence-corrected chi connectivity index (χ4v) is 9.98. The second kappa shape index (κ2) is 26.0. The number of esters is 3. The Morgan fingerprint density at radius 1 is 0.841 bits per heavy atom. The normalized spacial score (nSPS) is 30.9. The van der Waals surface area contributed by atoms with Gasteiger partial charge < -0.3 is 44.3 Å². The molecule has 381 valence electrons. The van der Waals surface area contributed by atoms with Crippen molar-refractivity contribution < 1.29 is 107 Å². The van der Waals surface area contributed by atoms with Gasteiger partial charge in [0, 0.05) is 87.6 Å². The summed E-state index contributed by atoms with van der Waals surface area (Å²) in [4.78, 5) is 68.9. The van der Waals surface area contributed by atoms with Gasteiger partial charge in [-0.1, -0.05) is 93.7 Å². The molecule has 0 unspecified atom stereocenters. The summed E-state index contributed by atoms with van der Waals surface area (Å²) in [7, 11) is 0. The first-order chi connectivity index (χ1) is 31.9. The van der Waals surface area contributed by atoms with E-state index in [0.29, 0.717) is 18.4 Å². The molecular formula is C54H79AcNO13. The molecule has 1 saturated heterocycles. The third-order valence-electron chi connectivity index (χ3n) is 14.1. The number of aliphatic hydroxyl groups excluding tert-OH is 1. The number of Topliss-reactive ketones (excluding diaryl/α,β-unsaturated/α-hetero) is 1. The number of aliphatic hydroxyl groups is 3. The summed E-state index contributed by atoms with van der Waals surface area (Å²) < 4.78 is 29.4. The predicted octanol–water partition coefficient (Wildman–Crippen LogP) is 8.35. The van der Waals surface area contributed by atoms with Crippen LogP contribution in [0.15, 0.2) is 84.1 Å². The standard InChI is InChI=1S/C54H79NO13.Ac/c1-12-13-14-15-16-17-18-19-20-21-22-23-24-25-26-27-28-29-30-31-42(58)67-44-43-36(3)39(66-48(60)35(2)37(4)55-49(61)68-50(6,7)8)33-54(63,51(43,9)10)47(65-38(5)56)45-52(11,46(44)59)40(57)32-41-53(45,62)34-64-41;/h13-14,16-17,19-20,22-23,25-26,28-29,35,37,39-41,44-45,47,57,62-63H,12,15,18,21,24,27,30-34H2,1-11H3,(H,55,61);/b14-13-,17-16-,20-19-,23-22-,26-25-,29-28-;/t35-,37+,39+,40+,41-,44-,45+,47+,52-,53+,54-;/m1./s1. The number of fused-ring (bicyclic) bond motifs is 5. The summed E-state index contributed by atoms with van der Waals surface area (Å²) >= 11 is 0. The second-order valence-electron chi connectivity index (χ2n) is 20.5. The number of amides is 1. The summed E-state index contributed by atoms with van der Waals surface area (Å²) in [6.45, 7) is 17.6. The van der Waals surface area contributed by atoms with Crippen molar-refractivity contribution in [2.45, 2.75) is 194 Å². The van der Waals surface area contributed by atoms with Gasteiger partial charge in [-0.25, -0.2) is 4.79 Å². The molecule has 4 aliphatic rings. The largest absolute Gasteiger partial charge is 0.459 e. The van der Waals surface area contributed by atoms with E-state index < -0.39 is 106 Å². The average molecular weight is 1180 g/mol. The van der Waals surface area contributed by atoms with Gasteiger partial charge in [0.2, 0.25) is 0 Å². The van der Waals surface area contributed by atoms with Gasteiger partial charge in [-0.15, -0.1) is 0 Å². The Morgan fingerprint density at radius 3 is 1.84 bits per heavy atom. The fraction of sp³-hybridized carbons (Fsp3) is 0.648. The number of hydrogen-bond acceptors (Lipinski definition) is 13. The monoisotopic (exact) mass is 1180 g/mol. The van der Waals surface area contributed by atoms with E-state index in [0.717, 1.165) is 39.0 Å². The van der Waals surface area contributed by atoms with Gasteiger partial charge in [0.05, 0.1) is 30.1 Å². The predicted molar refractivity (Wildman–Crippen MR) is 259 cm³/mol. The molecule has 15 heteroatoms. The number of rotatable bonds is 20. The van der Waals surface area contributed by atoms with Gasteiger partial charge in [0.15, 0.2) is 11.9 Å². The minimum atomic E-state index is -2.21. The number of alkyl carbamates (subject to hydrolysis) is 1. The van der Waals surface area contributed by atoms with Crippen LogP contribution in [0.3, 0.4) is 0 Å². The molecule has 69 heavy (non-hydrogen) atoms. The number of ketones is 1. The quantitative estimate of drug-likeness (QED) is 0.0515. The minimum absolute atomic E-state index is 0. The van der Waals surface area contributed by atoms with E-state index in [4.69, 9.17) is 23.7 Å². The maximum atomic E-state index is 15.4. The van der Waals surface area contributed by atoms with E-state index in [1.807, 2.05) is 18.2 Å². The van der Waals surface area contributed by atoms with Gasteiger partial charge in [0.25, 0.3) is 0 Å². The van der Waals surface area contributed by atoms with Crippen molar-refractivity contribution in [3.63, 3.8) is 0 Å². The summed E-state index contributed by atoms with van der Waals surface area (Å²) in [6.07, 6.45) is 22.1. The molecule has 2 saturated carbocycles. The molecule has 1 heterocycles. The number of nitrogens with one attached hydrogen (secondary N) is 1. The Hall–Kier alpha value is -3.19. The molecule has 1 amide bonds. The van der Waals surface area contributed by atoms with Crippen LogP contribution in [0.4, 0.5) is 4.79 Å². The Kier molecular flexibility index (Phi) is 22.6. The van der Waals surface area contributed by atoms with E-state index in [1.165, 1.54) is 6.92 Å². The summed E-state index contributed by atoms with van der Waals surface area (Å²) in [5, 5.41) is 40.3. The van der Waals surface area contributed by atoms with Crippen molar-refractivity contribution in [1.82, 2.24) is 5.32 Å². The molecule has 0 spiro atoms. The molecular weight excluding hydrogens is 1100 g/mol. The van der Waals surface area contributed by atoms with Crippen molar-refractivity contribution in [3.8, 4) is 0 Å². The van der Waals surface area contributed by atoms with Crippen LogP contribution in [0.1, 0.15) is 140 Å². The first-order valence-electron chi connectivity index (χ1n) is 24.3. The van der Waals surface area contributed by atoms with Gasteiger partial charge in [0.1, 0.15) is 29.0 Å². The molecule has 14 nitrogen and oxygen atoms in total. The number of hydrogen-bond donors (Lipinski definition) is 4. The van der Waals surface area contributed by atoms with Crippen LogP contribution < -0.4 is 5.32 Å². The van der Waals surface area contributed by atoms with Crippen molar-refractivity contribution in [3.05, 3.63) is 84.1 Å². The molecule has 4 N–H and O–H groups in total. The molecule has 4 rings (SSSR count). The van der Waals surface area contributed by atoms with Crippen molar-refractivity contribution in [2.24, 2.45) is 22.7 Å². The average Bonchev–Trinajstić information content (AvgIpc) is 3.24. The zero-order valence-electron chi connectivity index (χ0n) is 42.8. The van der Waals surface area contributed by atoms with E-state index in [1.54, 1.807) is 55.4 Å². The van der Waals surface area contributed by atoms with E-state index in [-0.39, 0.29) is 75.5 Å². The zero-order valence-corrected chi connectivity index (χ0v) is 47.6. The minimum Gasteiger partial charge on any atom is -0.459 e. The maximum absolute atomic E-state index is 15.4. The number of allylic oxidation sites excluding steroid dienone is 12.